The highest BCUT2D eigenvalue weighted by Crippen LogP contribution is 2.34. The molecule has 0 atom stereocenters. The van der Waals surface area contributed by atoms with Crippen LogP contribution in [0.1, 0.15) is 36.4 Å². The molecule has 2 aromatic heterocycles. The van der Waals surface area contributed by atoms with Gasteiger partial charge in [0.05, 0.1) is 17.0 Å². The Kier molecular flexibility index (Phi) is 6.21. The average Bonchev–Trinajstić information content (AvgIpc) is 2.95. The highest BCUT2D eigenvalue weighted by Gasteiger charge is 2.23. The molecule has 1 N–H and O–H groups in total. The molecule has 0 spiro atoms. The van der Waals surface area contributed by atoms with Crippen LogP contribution in [0.5, 0.6) is 0 Å². The van der Waals surface area contributed by atoms with E-state index in [1.165, 1.54) is 6.92 Å². The summed E-state index contributed by atoms with van der Waals surface area (Å²) in [5, 5.41) is 7.34. The van der Waals surface area contributed by atoms with Crippen LogP contribution in [0.4, 0.5) is 0 Å². The van der Waals surface area contributed by atoms with Gasteiger partial charge < -0.3 is 9.84 Å². The maximum Gasteiger partial charge on any atom is 0.216 e. The third-order valence-electron chi connectivity index (χ3n) is 4.20. The van der Waals surface area contributed by atoms with Crippen LogP contribution in [0.15, 0.2) is 52.2 Å². The number of halogens is 1. The second kappa shape index (κ2) is 8.80. The van der Waals surface area contributed by atoms with Crippen molar-refractivity contribution in [3.63, 3.8) is 0 Å². The normalized spacial score (nSPS) is 11.9. The summed E-state index contributed by atoms with van der Waals surface area (Å²) < 4.78 is 5.42. The van der Waals surface area contributed by atoms with Crippen LogP contribution < -0.4 is 5.32 Å². The lowest BCUT2D eigenvalue weighted by atomic mass is 9.95. The molecule has 0 unspecified atom stereocenters. The minimum atomic E-state index is 0.0394. The van der Waals surface area contributed by atoms with Crippen LogP contribution in [0.2, 0.25) is 5.02 Å². The molecule has 0 fully saturated rings. The van der Waals surface area contributed by atoms with Crippen LogP contribution in [-0.4, -0.2) is 28.3 Å². The summed E-state index contributed by atoms with van der Waals surface area (Å²) >= 11 is 5.99. The van der Waals surface area contributed by atoms with Crippen molar-refractivity contribution in [2.45, 2.75) is 27.3 Å². The molecule has 0 aliphatic carbocycles. The molecule has 7 heteroatoms. The van der Waals surface area contributed by atoms with Crippen LogP contribution in [0.25, 0.3) is 11.1 Å². The molecule has 144 valence electrons. The zero-order valence-electron chi connectivity index (χ0n) is 16.0. The summed E-state index contributed by atoms with van der Waals surface area (Å²) in [6.07, 6.45) is 3.62. The van der Waals surface area contributed by atoms with Gasteiger partial charge in [0.2, 0.25) is 5.91 Å². The van der Waals surface area contributed by atoms with E-state index in [9.17, 15) is 4.79 Å². The Bertz CT molecular complexity index is 1010. The first-order valence-electron chi connectivity index (χ1n) is 8.96. The topological polar surface area (TPSA) is 80.4 Å². The molecule has 4 rings (SSSR count). The largest absolute Gasteiger partial charge is 0.358 e. The number of pyridine rings is 1. The number of carbonyl (C=O) groups excluding carboxylic acids is 1. The maximum absolute atomic E-state index is 9.93. The van der Waals surface area contributed by atoms with E-state index in [2.05, 4.69) is 15.5 Å². The van der Waals surface area contributed by atoms with Gasteiger partial charge in [-0.2, -0.15) is 0 Å². The number of hydrogen-bond donors (Lipinski definition) is 1. The van der Waals surface area contributed by atoms with Gasteiger partial charge in [-0.1, -0.05) is 28.9 Å². The minimum Gasteiger partial charge on any atom is -0.358 e. The minimum absolute atomic E-state index is 0.0394. The average molecular weight is 397 g/mol. The zero-order chi connectivity index (χ0) is 20.1. The molecular weight excluding hydrogens is 376 g/mol. The molecule has 6 nitrogen and oxygen atoms in total. The smallest absolute Gasteiger partial charge is 0.216 e. The Morgan fingerprint density at radius 1 is 1.21 bits per heavy atom. The van der Waals surface area contributed by atoms with Gasteiger partial charge in [-0.05, 0) is 32.0 Å². The quantitative estimate of drug-likeness (QED) is 0.704. The van der Waals surface area contributed by atoms with Gasteiger partial charge in [0.25, 0.3) is 0 Å². The van der Waals surface area contributed by atoms with E-state index in [1.54, 1.807) is 6.20 Å². The van der Waals surface area contributed by atoms with Crippen LogP contribution >= 0.6 is 11.6 Å². The molecule has 1 aliphatic rings. The van der Waals surface area contributed by atoms with E-state index in [0.717, 1.165) is 46.0 Å². The molecule has 0 radical (unpaired) electrons. The van der Waals surface area contributed by atoms with E-state index in [4.69, 9.17) is 21.1 Å². The molecule has 28 heavy (non-hydrogen) atoms. The van der Waals surface area contributed by atoms with Crippen molar-refractivity contribution in [1.82, 2.24) is 15.5 Å². The van der Waals surface area contributed by atoms with Gasteiger partial charge in [0.15, 0.2) is 5.76 Å². The van der Waals surface area contributed by atoms with Gasteiger partial charge in [0.1, 0.15) is 6.54 Å². The van der Waals surface area contributed by atoms with Gasteiger partial charge in [-0.15, -0.1) is 0 Å². The summed E-state index contributed by atoms with van der Waals surface area (Å²) in [6, 6.07) is 9.67. The summed E-state index contributed by atoms with van der Waals surface area (Å²) in [7, 11) is 0. The van der Waals surface area contributed by atoms with Crippen molar-refractivity contribution >= 4 is 23.2 Å². The number of amides is 1. The molecule has 0 bridgehead atoms. The molecule has 0 saturated heterocycles. The molecule has 0 saturated carbocycles. The molecular formula is C21H21ClN4O2. The van der Waals surface area contributed by atoms with E-state index >= 15 is 0 Å². The molecule has 3 aromatic rings. The van der Waals surface area contributed by atoms with Crippen molar-refractivity contribution in [2.24, 2.45) is 4.99 Å². The fourth-order valence-corrected chi connectivity index (χ4v) is 3.14. The van der Waals surface area contributed by atoms with Crippen LogP contribution in [-0.2, 0) is 11.3 Å². The number of benzene rings is 1. The molecule has 3 heterocycles. The second-order valence-electron chi connectivity index (χ2n) is 6.25. The summed E-state index contributed by atoms with van der Waals surface area (Å²) in [5.41, 5.74) is 5.82. The standard InChI is InChI=1S/C17H12ClN3O.C4H9NO/c1-10-16-14-8-19-7-6-13(14)17(20-9-15(16)22-21-10)11-2-4-12(18)5-3-11;1-3-5-4(2)6/h2-8H,9H2,1H3;3H2,1-2H3,(H,5,6). The first-order chi connectivity index (χ1) is 13.5. The lowest BCUT2D eigenvalue weighted by Crippen LogP contribution is -2.18. The van der Waals surface area contributed by atoms with E-state index in [1.807, 2.05) is 50.4 Å². The molecule has 1 aromatic carbocycles. The predicted octanol–water partition coefficient (Wildman–Crippen LogP) is 4.19. The zero-order valence-corrected chi connectivity index (χ0v) is 16.7. The Labute approximate surface area is 168 Å². The third kappa shape index (κ3) is 4.28. The molecule has 1 aliphatic heterocycles. The number of carbonyl (C=O) groups is 1. The number of aryl methyl sites for hydroxylation is 1. The number of nitrogens with zero attached hydrogens (tertiary/aromatic N) is 3. The number of aliphatic imine (C=N–C) groups is 1. The van der Waals surface area contributed by atoms with Crippen molar-refractivity contribution in [1.29, 1.82) is 0 Å². The van der Waals surface area contributed by atoms with Crippen molar-refractivity contribution < 1.29 is 9.32 Å². The Balaban J connectivity index is 0.000000330. The van der Waals surface area contributed by atoms with Gasteiger partial charge in [-0.25, -0.2) is 0 Å². The maximum atomic E-state index is 9.93. The molecule has 1 amide bonds. The number of aromatic nitrogens is 2. The monoisotopic (exact) mass is 396 g/mol. The fraction of sp³-hybridized carbons (Fsp3) is 0.238. The third-order valence-corrected chi connectivity index (χ3v) is 4.46. The number of hydrogen-bond acceptors (Lipinski definition) is 5. The lowest BCUT2D eigenvalue weighted by Gasteiger charge is -2.09. The van der Waals surface area contributed by atoms with E-state index in [0.29, 0.717) is 11.6 Å². The van der Waals surface area contributed by atoms with Gasteiger partial charge >= 0.3 is 0 Å². The highest BCUT2D eigenvalue weighted by molar-refractivity contribution is 6.30. The predicted molar refractivity (Wildman–Crippen MR) is 110 cm³/mol. The van der Waals surface area contributed by atoms with E-state index in [-0.39, 0.29) is 5.91 Å². The Morgan fingerprint density at radius 2 is 1.96 bits per heavy atom. The number of fused-ring (bicyclic) bond motifs is 3. The summed E-state index contributed by atoms with van der Waals surface area (Å²) in [6.45, 7) is 6.52. The summed E-state index contributed by atoms with van der Waals surface area (Å²) in [5.74, 6) is 0.813. The van der Waals surface area contributed by atoms with Crippen molar-refractivity contribution in [3.8, 4) is 11.1 Å². The SMILES string of the molecule is CCNC(C)=O.Cc1noc2c1-c1cnccc1C(c1ccc(Cl)cc1)=NC2. The number of nitrogens with one attached hydrogen (secondary N) is 1. The van der Waals surface area contributed by atoms with Gasteiger partial charge in [0, 0.05) is 47.6 Å². The highest BCUT2D eigenvalue weighted by atomic mass is 35.5. The lowest BCUT2D eigenvalue weighted by molar-refractivity contribution is -0.118. The van der Waals surface area contributed by atoms with Crippen molar-refractivity contribution in [2.75, 3.05) is 6.54 Å². The van der Waals surface area contributed by atoms with Gasteiger partial charge in [-0.3, -0.25) is 14.8 Å². The van der Waals surface area contributed by atoms with E-state index < -0.39 is 0 Å². The number of rotatable bonds is 2. The van der Waals surface area contributed by atoms with Crippen LogP contribution in [0.3, 0.4) is 0 Å². The first-order valence-corrected chi connectivity index (χ1v) is 9.33. The van der Waals surface area contributed by atoms with Crippen molar-refractivity contribution in [3.05, 3.63) is 70.3 Å². The summed E-state index contributed by atoms with van der Waals surface area (Å²) in [4.78, 5) is 18.9. The fourth-order valence-electron chi connectivity index (χ4n) is 3.01. The second-order valence-corrected chi connectivity index (χ2v) is 6.68. The van der Waals surface area contributed by atoms with Crippen LogP contribution in [0, 0.1) is 6.92 Å². The Morgan fingerprint density at radius 3 is 2.61 bits per heavy atom. The first kappa shape index (κ1) is 19.8. The Hall–Kier alpha value is -2.99.